The molecule has 2 bridgehead atoms. The van der Waals surface area contributed by atoms with Crippen molar-refractivity contribution in [1.29, 1.82) is 0 Å². The highest BCUT2D eigenvalue weighted by atomic mass is 16.5. The number of rotatable bonds is 8. The molecule has 4 fully saturated rings. The summed E-state index contributed by atoms with van der Waals surface area (Å²) in [6, 6.07) is 10.2. The number of aliphatic hydroxyl groups is 3. The maximum absolute atomic E-state index is 11.5. The van der Waals surface area contributed by atoms with Crippen LogP contribution in [0.15, 0.2) is 30.3 Å². The Kier molecular flexibility index (Phi) is 8.83. The van der Waals surface area contributed by atoms with Crippen LogP contribution in [0, 0.1) is 11.8 Å². The monoisotopic (exact) mass is 465 g/mol. The molecule has 0 amide bonds. The highest BCUT2D eigenvalue weighted by Crippen LogP contribution is 2.41. The van der Waals surface area contributed by atoms with Crippen molar-refractivity contribution in [2.45, 2.75) is 62.4 Å². The summed E-state index contributed by atoms with van der Waals surface area (Å²) in [6.45, 7) is 3.98. The summed E-state index contributed by atoms with van der Waals surface area (Å²) in [7, 11) is 0. The summed E-state index contributed by atoms with van der Waals surface area (Å²) < 4.78 is 6.36. The third-order valence-corrected chi connectivity index (χ3v) is 7.22. The van der Waals surface area contributed by atoms with Gasteiger partial charge in [-0.2, -0.15) is 0 Å². The van der Waals surface area contributed by atoms with E-state index < -0.39 is 29.7 Å². The van der Waals surface area contributed by atoms with Crippen molar-refractivity contribution in [3.8, 4) is 0 Å². The topological polar surface area (TPSA) is 148 Å². The molecule has 5 rings (SSSR count). The Bertz CT molecular complexity index is 758. The number of nitrogens with zero attached hydrogens (tertiary/aromatic N) is 1. The smallest absolute Gasteiger partial charge is 0.335 e. The van der Waals surface area contributed by atoms with E-state index in [-0.39, 0.29) is 0 Å². The third-order valence-electron chi connectivity index (χ3n) is 7.22. The first-order chi connectivity index (χ1) is 15.7. The number of carboxylic acid groups (broad SMARTS) is 2. The average molecular weight is 466 g/mol. The molecule has 0 spiro atoms. The summed E-state index contributed by atoms with van der Waals surface area (Å²) in [5, 5.41) is 44.1. The third kappa shape index (κ3) is 6.30. The number of aliphatic carboxylic acids is 2. The predicted molar refractivity (Wildman–Crippen MR) is 118 cm³/mol. The van der Waals surface area contributed by atoms with E-state index in [1.54, 1.807) is 0 Å². The molecule has 33 heavy (non-hydrogen) atoms. The molecule has 1 saturated carbocycles. The number of ether oxygens (including phenoxy) is 1. The minimum absolute atomic E-state index is 0.314. The van der Waals surface area contributed by atoms with Gasteiger partial charge in [0.05, 0.1) is 12.7 Å². The van der Waals surface area contributed by atoms with Gasteiger partial charge in [-0.1, -0.05) is 43.2 Å². The van der Waals surface area contributed by atoms with Crippen molar-refractivity contribution in [1.82, 2.24) is 4.90 Å². The van der Waals surface area contributed by atoms with Crippen LogP contribution in [0.3, 0.4) is 0 Å². The van der Waals surface area contributed by atoms with Gasteiger partial charge in [0.1, 0.15) is 5.60 Å². The molecule has 0 radical (unpaired) electrons. The van der Waals surface area contributed by atoms with Crippen LogP contribution in [0.2, 0.25) is 0 Å². The first kappa shape index (κ1) is 25.6. The zero-order valence-electron chi connectivity index (χ0n) is 18.8. The average Bonchev–Trinajstić information content (AvgIpc) is 3.39. The Hall–Kier alpha value is -2.04. The van der Waals surface area contributed by atoms with Gasteiger partial charge in [-0.25, -0.2) is 9.59 Å². The molecular formula is C24H35NO8. The number of carbonyl (C=O) groups is 2. The van der Waals surface area contributed by atoms with Crippen LogP contribution < -0.4 is 0 Å². The van der Waals surface area contributed by atoms with Gasteiger partial charge in [0.15, 0.2) is 12.2 Å². The Balaban J connectivity index is 0.000000262. The molecule has 9 nitrogen and oxygen atoms in total. The summed E-state index contributed by atoms with van der Waals surface area (Å²) in [4.78, 5) is 22.1. The van der Waals surface area contributed by atoms with E-state index in [0.717, 1.165) is 24.9 Å². The van der Waals surface area contributed by atoms with Crippen molar-refractivity contribution in [3.05, 3.63) is 35.9 Å². The minimum atomic E-state index is -2.27. The normalized spacial score (nSPS) is 28.3. The molecule has 0 aromatic heterocycles. The van der Waals surface area contributed by atoms with Gasteiger partial charge in [-0.3, -0.25) is 0 Å². The zero-order chi connectivity index (χ0) is 24.0. The lowest BCUT2D eigenvalue weighted by Gasteiger charge is -2.46. The fourth-order valence-electron chi connectivity index (χ4n) is 5.17. The van der Waals surface area contributed by atoms with E-state index in [9.17, 15) is 14.7 Å². The molecule has 3 saturated heterocycles. The van der Waals surface area contributed by atoms with E-state index in [4.69, 9.17) is 25.2 Å². The summed E-state index contributed by atoms with van der Waals surface area (Å²) >= 11 is 0. The number of aliphatic hydroxyl groups excluding tert-OH is 2. The molecule has 2 unspecified atom stereocenters. The SMILES string of the molecule is O=C(O)C(O)C(O)C(=O)O.O[C@@](CO[C@H]1CN2CCC1CC2)(c1ccccc1)C1CCCC1. The maximum Gasteiger partial charge on any atom is 0.335 e. The summed E-state index contributed by atoms with van der Waals surface area (Å²) in [5.74, 6) is -2.50. The Labute approximate surface area is 193 Å². The molecule has 1 aromatic carbocycles. The lowest BCUT2D eigenvalue weighted by atomic mass is 9.80. The Morgan fingerprint density at radius 1 is 0.970 bits per heavy atom. The van der Waals surface area contributed by atoms with Crippen LogP contribution >= 0.6 is 0 Å². The molecule has 4 atom stereocenters. The number of hydrogen-bond acceptors (Lipinski definition) is 7. The van der Waals surface area contributed by atoms with Gasteiger partial charge in [0.2, 0.25) is 0 Å². The molecule has 184 valence electrons. The van der Waals surface area contributed by atoms with Crippen molar-refractivity contribution in [3.63, 3.8) is 0 Å². The number of carboxylic acids is 2. The first-order valence-electron chi connectivity index (χ1n) is 11.7. The molecule has 1 aromatic rings. The predicted octanol–water partition coefficient (Wildman–Crippen LogP) is 1.05. The van der Waals surface area contributed by atoms with Crippen LogP contribution in [0.5, 0.6) is 0 Å². The number of piperidine rings is 3. The van der Waals surface area contributed by atoms with Crippen LogP contribution in [-0.4, -0.2) is 86.9 Å². The van der Waals surface area contributed by atoms with Crippen LogP contribution in [0.25, 0.3) is 0 Å². The second-order valence-electron chi connectivity index (χ2n) is 9.33. The van der Waals surface area contributed by atoms with Crippen molar-refractivity contribution >= 4 is 11.9 Å². The highest BCUT2D eigenvalue weighted by Gasteiger charge is 2.42. The first-order valence-corrected chi connectivity index (χ1v) is 11.7. The minimum Gasteiger partial charge on any atom is -0.479 e. The quantitative estimate of drug-likeness (QED) is 0.380. The van der Waals surface area contributed by atoms with Crippen molar-refractivity contribution in [2.75, 3.05) is 26.2 Å². The zero-order valence-corrected chi connectivity index (χ0v) is 18.8. The van der Waals surface area contributed by atoms with Crippen molar-refractivity contribution < 1.29 is 39.9 Å². The van der Waals surface area contributed by atoms with Crippen LogP contribution in [0.1, 0.15) is 44.1 Å². The lowest BCUT2D eigenvalue weighted by molar-refractivity contribution is -0.165. The second-order valence-corrected chi connectivity index (χ2v) is 9.33. The molecule has 3 heterocycles. The molecule has 3 aliphatic heterocycles. The van der Waals surface area contributed by atoms with E-state index >= 15 is 0 Å². The summed E-state index contributed by atoms with van der Waals surface area (Å²) in [5.41, 5.74) is 0.220. The molecule has 1 aliphatic carbocycles. The standard InChI is InChI=1S/C20H29NO2.C4H6O6/c22-20(18-8-4-5-9-18,17-6-2-1-3-7-17)15-23-19-14-21-12-10-16(19)11-13-21;5-1(3(7)8)2(6)4(9)10/h1-3,6-7,16,18-19,22H,4-5,8-15H2;1-2,5-6H,(H,7,8)(H,9,10)/t19-,20-;/m0./s1. The molecule has 5 N–H and O–H groups in total. The maximum atomic E-state index is 11.5. The van der Waals surface area contributed by atoms with Crippen molar-refractivity contribution in [2.24, 2.45) is 11.8 Å². The van der Waals surface area contributed by atoms with Gasteiger partial charge in [-0.15, -0.1) is 0 Å². The van der Waals surface area contributed by atoms with E-state index in [0.29, 0.717) is 24.5 Å². The summed E-state index contributed by atoms with van der Waals surface area (Å²) in [6.07, 6.45) is 3.02. The molecule has 4 aliphatic rings. The lowest BCUT2D eigenvalue weighted by Crippen LogP contribution is -2.53. The van der Waals surface area contributed by atoms with Gasteiger partial charge >= 0.3 is 11.9 Å². The molecular weight excluding hydrogens is 430 g/mol. The largest absolute Gasteiger partial charge is 0.479 e. The van der Waals surface area contributed by atoms with Gasteiger partial charge in [0.25, 0.3) is 0 Å². The second kappa shape index (κ2) is 11.4. The van der Waals surface area contributed by atoms with Gasteiger partial charge in [-0.05, 0) is 56.2 Å². The number of fused-ring (bicyclic) bond motifs is 3. The number of hydrogen-bond donors (Lipinski definition) is 5. The highest BCUT2D eigenvalue weighted by molar-refractivity contribution is 5.83. The fourth-order valence-corrected chi connectivity index (χ4v) is 5.17. The van der Waals surface area contributed by atoms with E-state index in [1.165, 1.54) is 38.8 Å². The molecule has 9 heteroatoms. The fraction of sp³-hybridized carbons (Fsp3) is 0.667. The van der Waals surface area contributed by atoms with Crippen LogP contribution in [-0.2, 0) is 19.9 Å². The van der Waals surface area contributed by atoms with Gasteiger partial charge < -0.3 is 35.2 Å². The van der Waals surface area contributed by atoms with Gasteiger partial charge in [0, 0.05) is 6.54 Å². The number of benzene rings is 1. The Morgan fingerprint density at radius 3 is 1.97 bits per heavy atom. The van der Waals surface area contributed by atoms with Crippen LogP contribution in [0.4, 0.5) is 0 Å². The van der Waals surface area contributed by atoms with E-state index in [2.05, 4.69) is 17.0 Å². The Morgan fingerprint density at radius 2 is 1.52 bits per heavy atom. The van der Waals surface area contributed by atoms with E-state index in [1.807, 2.05) is 18.2 Å².